The third kappa shape index (κ3) is 2.23. The number of hydrogen-bond donors (Lipinski definition) is 2. The summed E-state index contributed by atoms with van der Waals surface area (Å²) < 4.78 is 5.57. The van der Waals surface area contributed by atoms with E-state index in [0.717, 1.165) is 0 Å². The van der Waals surface area contributed by atoms with Crippen LogP contribution < -0.4 is 11.3 Å². The Labute approximate surface area is 94.6 Å². The summed E-state index contributed by atoms with van der Waals surface area (Å²) in [4.78, 5) is 1.30. The molecule has 1 aliphatic carbocycles. The van der Waals surface area contributed by atoms with Crippen LogP contribution in [0, 0.1) is 12.8 Å². The predicted octanol–water partition coefficient (Wildman–Crippen LogP) is 1.99. The molecule has 1 heterocycles. The minimum atomic E-state index is 0.141. The Balaban J connectivity index is 2.18. The van der Waals surface area contributed by atoms with Gasteiger partial charge in [-0.1, -0.05) is 0 Å². The second-order valence-corrected chi connectivity index (χ2v) is 5.10. The SMILES string of the molecule is COC(C1CC1)C(NN)c1sccc1C. The maximum absolute atomic E-state index is 5.65. The van der Waals surface area contributed by atoms with Crippen LogP contribution in [0.2, 0.25) is 0 Å². The first-order valence-corrected chi connectivity index (χ1v) is 6.18. The van der Waals surface area contributed by atoms with Gasteiger partial charge in [-0.2, -0.15) is 0 Å². The number of hydrogen-bond acceptors (Lipinski definition) is 4. The van der Waals surface area contributed by atoms with Gasteiger partial charge in [0.15, 0.2) is 0 Å². The van der Waals surface area contributed by atoms with Crippen molar-refractivity contribution in [3.05, 3.63) is 21.9 Å². The Kier molecular flexibility index (Phi) is 3.41. The first-order valence-electron chi connectivity index (χ1n) is 5.30. The topological polar surface area (TPSA) is 47.3 Å². The van der Waals surface area contributed by atoms with Crippen LogP contribution in [0.5, 0.6) is 0 Å². The van der Waals surface area contributed by atoms with Crippen LogP contribution in [0.15, 0.2) is 11.4 Å². The zero-order valence-electron chi connectivity index (χ0n) is 9.19. The molecular weight excluding hydrogens is 208 g/mol. The fourth-order valence-corrected chi connectivity index (χ4v) is 3.07. The van der Waals surface area contributed by atoms with Gasteiger partial charge in [0.05, 0.1) is 12.1 Å². The molecule has 1 saturated carbocycles. The molecule has 84 valence electrons. The van der Waals surface area contributed by atoms with Gasteiger partial charge in [-0.05, 0) is 42.7 Å². The Bertz CT molecular complexity index is 322. The molecular formula is C11H18N2OS. The summed E-state index contributed by atoms with van der Waals surface area (Å²) in [5, 5.41) is 2.11. The number of hydrazine groups is 1. The molecule has 2 rings (SSSR count). The normalized spacial score (nSPS) is 20.2. The second kappa shape index (κ2) is 4.61. The molecule has 3 N–H and O–H groups in total. The fraction of sp³-hybridized carbons (Fsp3) is 0.636. The lowest BCUT2D eigenvalue weighted by Crippen LogP contribution is -2.38. The van der Waals surface area contributed by atoms with Gasteiger partial charge in [0.1, 0.15) is 0 Å². The van der Waals surface area contributed by atoms with E-state index >= 15 is 0 Å². The lowest BCUT2D eigenvalue weighted by Gasteiger charge is -2.25. The van der Waals surface area contributed by atoms with Crippen molar-refractivity contribution in [3.8, 4) is 0 Å². The summed E-state index contributed by atoms with van der Waals surface area (Å²) in [6, 6.07) is 2.27. The Morgan fingerprint density at radius 3 is 2.73 bits per heavy atom. The largest absolute Gasteiger partial charge is 0.379 e. The first-order chi connectivity index (χ1) is 7.27. The summed E-state index contributed by atoms with van der Waals surface area (Å²) in [6.07, 6.45) is 2.75. The first kappa shape index (κ1) is 11.1. The van der Waals surface area contributed by atoms with Gasteiger partial charge in [0.2, 0.25) is 0 Å². The van der Waals surface area contributed by atoms with Crippen molar-refractivity contribution in [2.45, 2.75) is 31.9 Å². The zero-order chi connectivity index (χ0) is 10.8. The summed E-state index contributed by atoms with van der Waals surface area (Å²) in [5.74, 6) is 6.33. The van der Waals surface area contributed by atoms with Crippen molar-refractivity contribution in [1.82, 2.24) is 5.43 Å². The average Bonchev–Trinajstić information content (AvgIpc) is 2.99. The van der Waals surface area contributed by atoms with Crippen molar-refractivity contribution < 1.29 is 4.74 Å². The second-order valence-electron chi connectivity index (χ2n) is 4.15. The van der Waals surface area contributed by atoms with E-state index in [2.05, 4.69) is 23.8 Å². The molecule has 0 radical (unpaired) electrons. The number of aryl methyl sites for hydroxylation is 1. The molecule has 0 aliphatic heterocycles. The molecule has 2 unspecified atom stereocenters. The van der Waals surface area contributed by atoms with Gasteiger partial charge >= 0.3 is 0 Å². The van der Waals surface area contributed by atoms with Crippen molar-refractivity contribution in [2.75, 3.05) is 7.11 Å². The number of nitrogens with one attached hydrogen (secondary N) is 1. The summed E-state index contributed by atoms with van der Waals surface area (Å²) in [6.45, 7) is 2.12. The third-order valence-corrected chi connectivity index (χ3v) is 4.15. The van der Waals surface area contributed by atoms with E-state index in [0.29, 0.717) is 5.92 Å². The van der Waals surface area contributed by atoms with E-state index in [1.807, 2.05) is 0 Å². The molecule has 4 heteroatoms. The number of nitrogens with two attached hydrogens (primary N) is 1. The van der Waals surface area contributed by atoms with Crippen LogP contribution in [-0.4, -0.2) is 13.2 Å². The Morgan fingerprint density at radius 1 is 1.60 bits per heavy atom. The number of rotatable bonds is 5. The van der Waals surface area contributed by atoms with Crippen LogP contribution in [-0.2, 0) is 4.74 Å². The maximum atomic E-state index is 5.65. The van der Waals surface area contributed by atoms with Crippen molar-refractivity contribution >= 4 is 11.3 Å². The molecule has 1 aromatic rings. The number of methoxy groups -OCH3 is 1. The quantitative estimate of drug-likeness (QED) is 0.596. The van der Waals surface area contributed by atoms with Crippen molar-refractivity contribution in [3.63, 3.8) is 0 Å². The van der Waals surface area contributed by atoms with Crippen LogP contribution in [0.3, 0.4) is 0 Å². The van der Waals surface area contributed by atoms with E-state index in [1.165, 1.54) is 23.3 Å². The lowest BCUT2D eigenvalue weighted by atomic mass is 10.0. The van der Waals surface area contributed by atoms with Gasteiger partial charge in [-0.25, -0.2) is 5.43 Å². The van der Waals surface area contributed by atoms with Crippen LogP contribution >= 0.6 is 11.3 Å². The molecule has 0 saturated heterocycles. The molecule has 15 heavy (non-hydrogen) atoms. The Morgan fingerprint density at radius 2 is 2.33 bits per heavy atom. The fourth-order valence-electron chi connectivity index (χ4n) is 2.05. The highest BCUT2D eigenvalue weighted by atomic mass is 32.1. The van der Waals surface area contributed by atoms with E-state index in [-0.39, 0.29) is 12.1 Å². The van der Waals surface area contributed by atoms with E-state index in [9.17, 15) is 0 Å². The van der Waals surface area contributed by atoms with Crippen LogP contribution in [0.25, 0.3) is 0 Å². The van der Waals surface area contributed by atoms with E-state index in [4.69, 9.17) is 10.6 Å². The standard InChI is InChI=1S/C11H18N2OS/c1-7-5-6-15-11(7)9(13-12)10(14-2)8-3-4-8/h5-6,8-10,13H,3-4,12H2,1-2H3. The molecule has 2 atom stereocenters. The van der Waals surface area contributed by atoms with Gasteiger partial charge in [-0.15, -0.1) is 11.3 Å². The number of thiophene rings is 1. The molecule has 1 aromatic heterocycles. The maximum Gasteiger partial charge on any atom is 0.0819 e. The van der Waals surface area contributed by atoms with Gasteiger partial charge < -0.3 is 4.74 Å². The molecule has 0 spiro atoms. The zero-order valence-corrected chi connectivity index (χ0v) is 10.0. The highest BCUT2D eigenvalue weighted by molar-refractivity contribution is 7.10. The van der Waals surface area contributed by atoms with Crippen LogP contribution in [0.4, 0.5) is 0 Å². The lowest BCUT2D eigenvalue weighted by molar-refractivity contribution is 0.0515. The average molecular weight is 226 g/mol. The van der Waals surface area contributed by atoms with E-state index in [1.54, 1.807) is 18.4 Å². The highest BCUT2D eigenvalue weighted by Crippen LogP contribution is 2.41. The van der Waals surface area contributed by atoms with Gasteiger partial charge in [-0.3, -0.25) is 5.84 Å². The molecule has 1 aliphatic rings. The summed E-state index contributed by atoms with van der Waals surface area (Å²) in [5.41, 5.74) is 4.20. The highest BCUT2D eigenvalue weighted by Gasteiger charge is 2.38. The molecule has 0 bridgehead atoms. The minimum Gasteiger partial charge on any atom is -0.379 e. The predicted molar refractivity (Wildman–Crippen MR) is 62.6 cm³/mol. The number of ether oxygens (including phenoxy) is 1. The summed E-state index contributed by atoms with van der Waals surface area (Å²) >= 11 is 1.75. The minimum absolute atomic E-state index is 0.141. The van der Waals surface area contributed by atoms with Gasteiger partial charge in [0, 0.05) is 12.0 Å². The van der Waals surface area contributed by atoms with Gasteiger partial charge in [0.25, 0.3) is 0 Å². The molecule has 1 fully saturated rings. The van der Waals surface area contributed by atoms with Crippen molar-refractivity contribution in [2.24, 2.45) is 11.8 Å². The van der Waals surface area contributed by atoms with E-state index < -0.39 is 0 Å². The molecule has 3 nitrogen and oxygen atoms in total. The molecule has 0 amide bonds. The third-order valence-electron chi connectivity index (χ3n) is 3.05. The summed E-state index contributed by atoms with van der Waals surface area (Å²) in [7, 11) is 1.77. The smallest absolute Gasteiger partial charge is 0.0819 e. The Hall–Kier alpha value is -0.420. The molecule has 0 aromatic carbocycles. The van der Waals surface area contributed by atoms with Crippen molar-refractivity contribution in [1.29, 1.82) is 0 Å². The van der Waals surface area contributed by atoms with Crippen LogP contribution in [0.1, 0.15) is 29.3 Å². The monoisotopic (exact) mass is 226 g/mol.